The fourth-order valence-corrected chi connectivity index (χ4v) is 3.65. The molecule has 9 heteroatoms. The van der Waals surface area contributed by atoms with E-state index in [0.717, 1.165) is 25.2 Å². The van der Waals surface area contributed by atoms with Crippen molar-refractivity contribution in [2.24, 2.45) is 5.92 Å². The van der Waals surface area contributed by atoms with Gasteiger partial charge in [0.1, 0.15) is 12.1 Å². The number of ether oxygens (including phenoxy) is 1. The van der Waals surface area contributed by atoms with Crippen LogP contribution in [0.5, 0.6) is 0 Å². The molecule has 0 spiro atoms. The van der Waals surface area contributed by atoms with E-state index >= 15 is 0 Å². The molecule has 2 aromatic heterocycles. The van der Waals surface area contributed by atoms with Crippen LogP contribution in [0, 0.1) is 5.92 Å². The number of rotatable bonds is 6. The lowest BCUT2D eigenvalue weighted by Gasteiger charge is -2.33. The zero-order chi connectivity index (χ0) is 21.6. The van der Waals surface area contributed by atoms with E-state index in [2.05, 4.69) is 25.3 Å². The molecule has 9 nitrogen and oxygen atoms in total. The molecule has 0 aliphatic carbocycles. The van der Waals surface area contributed by atoms with Gasteiger partial charge in [0.05, 0.1) is 23.8 Å². The summed E-state index contributed by atoms with van der Waals surface area (Å²) in [7, 11) is 0. The third kappa shape index (κ3) is 4.71. The summed E-state index contributed by atoms with van der Waals surface area (Å²) in [6.07, 6.45) is 6.64. The van der Waals surface area contributed by atoms with Gasteiger partial charge in [-0.05, 0) is 38.0 Å². The summed E-state index contributed by atoms with van der Waals surface area (Å²) < 4.78 is 6.76. The number of benzene rings is 1. The summed E-state index contributed by atoms with van der Waals surface area (Å²) in [5.74, 6) is 0.626. The maximum atomic E-state index is 13.0. The van der Waals surface area contributed by atoms with Crippen LogP contribution in [0.1, 0.15) is 30.1 Å². The van der Waals surface area contributed by atoms with Gasteiger partial charge in [0.2, 0.25) is 5.91 Å². The zero-order valence-electron chi connectivity index (χ0n) is 17.3. The van der Waals surface area contributed by atoms with E-state index < -0.39 is 5.97 Å². The number of amides is 1. The van der Waals surface area contributed by atoms with Gasteiger partial charge >= 0.3 is 5.97 Å². The molecule has 1 aliphatic heterocycles. The van der Waals surface area contributed by atoms with Crippen molar-refractivity contribution in [2.75, 3.05) is 29.9 Å². The van der Waals surface area contributed by atoms with Crippen LogP contribution in [0.4, 0.5) is 11.5 Å². The first-order chi connectivity index (χ1) is 15.2. The Bertz CT molecular complexity index is 1050. The number of para-hydroxylation sites is 1. The number of carbonyl (C=O) groups excluding carboxylic acids is 2. The third-order valence-corrected chi connectivity index (χ3v) is 5.17. The van der Waals surface area contributed by atoms with Crippen LogP contribution in [0.25, 0.3) is 5.82 Å². The van der Waals surface area contributed by atoms with E-state index in [4.69, 9.17) is 4.74 Å². The van der Waals surface area contributed by atoms with Crippen LogP contribution < -0.4 is 10.2 Å². The van der Waals surface area contributed by atoms with E-state index in [9.17, 15) is 9.59 Å². The van der Waals surface area contributed by atoms with Crippen molar-refractivity contribution in [3.05, 3.63) is 60.7 Å². The number of esters is 1. The second-order valence-corrected chi connectivity index (χ2v) is 7.23. The highest BCUT2D eigenvalue weighted by molar-refractivity contribution is 6.02. The maximum Gasteiger partial charge on any atom is 0.340 e. The molecular formula is C22H24N6O3. The Morgan fingerprint density at radius 2 is 2.03 bits per heavy atom. The topological polar surface area (TPSA) is 102 Å². The maximum absolute atomic E-state index is 13.0. The van der Waals surface area contributed by atoms with Gasteiger partial charge in [0.15, 0.2) is 5.82 Å². The average Bonchev–Trinajstić information content (AvgIpc) is 3.35. The van der Waals surface area contributed by atoms with E-state index in [1.165, 1.54) is 6.33 Å². The van der Waals surface area contributed by atoms with Crippen LogP contribution >= 0.6 is 0 Å². The van der Waals surface area contributed by atoms with Gasteiger partial charge in [-0.25, -0.2) is 19.4 Å². The number of hydrogen-bond acceptors (Lipinski definition) is 7. The minimum atomic E-state index is -0.448. The summed E-state index contributed by atoms with van der Waals surface area (Å²) in [6.45, 7) is 3.36. The molecule has 3 heterocycles. The van der Waals surface area contributed by atoms with Gasteiger partial charge in [0, 0.05) is 31.5 Å². The first-order valence-corrected chi connectivity index (χ1v) is 10.3. The molecule has 1 aromatic carbocycles. The number of piperidine rings is 1. The lowest BCUT2D eigenvalue weighted by molar-refractivity contribution is -0.120. The Hall–Kier alpha value is -3.75. The third-order valence-electron chi connectivity index (χ3n) is 5.17. The molecule has 1 aliphatic rings. The van der Waals surface area contributed by atoms with Crippen molar-refractivity contribution in [1.29, 1.82) is 0 Å². The second kappa shape index (κ2) is 9.38. The van der Waals surface area contributed by atoms with E-state index in [-0.39, 0.29) is 18.4 Å². The summed E-state index contributed by atoms with van der Waals surface area (Å²) in [6, 6.07) is 10.6. The van der Waals surface area contributed by atoms with Crippen molar-refractivity contribution in [3.63, 3.8) is 0 Å². The van der Waals surface area contributed by atoms with Gasteiger partial charge in [0.25, 0.3) is 0 Å². The molecule has 1 unspecified atom stereocenters. The van der Waals surface area contributed by atoms with Crippen LogP contribution in [-0.2, 0) is 9.53 Å². The second-order valence-electron chi connectivity index (χ2n) is 7.23. The number of aromatic nitrogens is 4. The number of hydrogen-bond donors (Lipinski definition) is 1. The number of carbonyl (C=O) groups is 2. The van der Waals surface area contributed by atoms with Crippen LogP contribution in [0.3, 0.4) is 0 Å². The highest BCUT2D eigenvalue weighted by atomic mass is 16.5. The molecule has 0 radical (unpaired) electrons. The molecule has 1 amide bonds. The SMILES string of the molecule is CCOC(=O)c1ccccc1NC(=O)C1CCCN(c2cc(-n3cccn3)ncn2)C1. The normalized spacial score (nSPS) is 16.0. The Labute approximate surface area is 180 Å². The molecule has 0 bridgehead atoms. The standard InChI is InChI=1S/C22H24N6O3/c1-2-31-22(30)17-8-3-4-9-18(17)26-21(29)16-7-5-11-27(14-16)19-13-20(24-15-23-19)28-12-6-10-25-28/h3-4,6,8-10,12-13,15-16H,2,5,7,11,14H2,1H3,(H,26,29). The Morgan fingerprint density at radius 3 is 2.84 bits per heavy atom. The largest absolute Gasteiger partial charge is 0.462 e. The van der Waals surface area contributed by atoms with Crippen molar-refractivity contribution in [2.45, 2.75) is 19.8 Å². The molecule has 31 heavy (non-hydrogen) atoms. The molecule has 1 saturated heterocycles. The lowest BCUT2D eigenvalue weighted by atomic mass is 9.96. The summed E-state index contributed by atoms with van der Waals surface area (Å²) >= 11 is 0. The Balaban J connectivity index is 1.47. The highest BCUT2D eigenvalue weighted by Gasteiger charge is 2.28. The Morgan fingerprint density at radius 1 is 1.19 bits per heavy atom. The van der Waals surface area contributed by atoms with Gasteiger partial charge in [-0.3, -0.25) is 4.79 Å². The smallest absolute Gasteiger partial charge is 0.340 e. The number of nitrogens with zero attached hydrogens (tertiary/aromatic N) is 5. The zero-order valence-corrected chi connectivity index (χ0v) is 17.3. The van der Waals surface area contributed by atoms with E-state index in [1.807, 2.05) is 18.3 Å². The first-order valence-electron chi connectivity index (χ1n) is 10.3. The molecule has 1 atom stereocenters. The van der Waals surface area contributed by atoms with Crippen molar-refractivity contribution in [1.82, 2.24) is 19.7 Å². The average molecular weight is 420 g/mol. The number of nitrogens with one attached hydrogen (secondary N) is 1. The number of anilines is 2. The molecular weight excluding hydrogens is 396 g/mol. The predicted octanol–water partition coefficient (Wildman–Crippen LogP) is 2.69. The van der Waals surface area contributed by atoms with Gasteiger partial charge in [-0.15, -0.1) is 0 Å². The van der Waals surface area contributed by atoms with E-state index in [1.54, 1.807) is 42.1 Å². The molecule has 4 rings (SSSR count). The predicted molar refractivity (Wildman–Crippen MR) is 115 cm³/mol. The van der Waals surface area contributed by atoms with Gasteiger partial charge < -0.3 is 15.0 Å². The van der Waals surface area contributed by atoms with Crippen LogP contribution in [0.2, 0.25) is 0 Å². The minimum Gasteiger partial charge on any atom is -0.462 e. The monoisotopic (exact) mass is 420 g/mol. The Kier molecular flexibility index (Phi) is 6.21. The fraction of sp³-hybridized carbons (Fsp3) is 0.318. The van der Waals surface area contributed by atoms with Crippen molar-refractivity contribution < 1.29 is 14.3 Å². The molecule has 160 valence electrons. The molecule has 3 aromatic rings. The summed E-state index contributed by atoms with van der Waals surface area (Å²) in [4.78, 5) is 35.9. The molecule has 1 N–H and O–H groups in total. The quantitative estimate of drug-likeness (QED) is 0.612. The van der Waals surface area contributed by atoms with Crippen LogP contribution in [-0.4, -0.2) is 51.3 Å². The van der Waals surface area contributed by atoms with Crippen LogP contribution in [0.15, 0.2) is 55.1 Å². The van der Waals surface area contributed by atoms with Crippen molar-refractivity contribution >= 4 is 23.4 Å². The van der Waals surface area contributed by atoms with Crippen molar-refractivity contribution in [3.8, 4) is 5.82 Å². The molecule has 1 fully saturated rings. The minimum absolute atomic E-state index is 0.122. The fourth-order valence-electron chi connectivity index (χ4n) is 3.65. The van der Waals surface area contributed by atoms with Gasteiger partial charge in [-0.1, -0.05) is 12.1 Å². The highest BCUT2D eigenvalue weighted by Crippen LogP contribution is 2.25. The van der Waals surface area contributed by atoms with Gasteiger partial charge in [-0.2, -0.15) is 5.10 Å². The van der Waals surface area contributed by atoms with E-state index in [0.29, 0.717) is 23.6 Å². The summed E-state index contributed by atoms with van der Waals surface area (Å²) in [5, 5.41) is 7.12. The summed E-state index contributed by atoms with van der Waals surface area (Å²) in [5.41, 5.74) is 0.816. The molecule has 0 saturated carbocycles. The first kappa shape index (κ1) is 20.5. The lowest BCUT2D eigenvalue weighted by Crippen LogP contribution is -2.41.